The molecule has 2 nitrogen and oxygen atoms in total. The first-order valence-electron chi connectivity index (χ1n) is 8.04. The third kappa shape index (κ3) is 2.57. The van der Waals surface area contributed by atoms with Crippen LogP contribution in [0.15, 0.2) is 11.3 Å². The highest BCUT2D eigenvalue weighted by molar-refractivity contribution is 6.53. The van der Waals surface area contributed by atoms with Crippen LogP contribution in [0.3, 0.4) is 0 Å². The summed E-state index contributed by atoms with van der Waals surface area (Å²) in [6.07, 6.45) is 6.97. The minimum absolute atomic E-state index is 0.133. The summed E-state index contributed by atoms with van der Waals surface area (Å²) in [5, 5.41) is 0. The van der Waals surface area contributed by atoms with E-state index in [-0.39, 0.29) is 5.73 Å². The third-order valence-corrected chi connectivity index (χ3v) is 5.57. The number of hydrogen-bond donors (Lipinski definition) is 0. The zero-order chi connectivity index (χ0) is 14.5. The van der Waals surface area contributed by atoms with Crippen LogP contribution < -0.4 is 0 Å². The lowest BCUT2D eigenvalue weighted by Gasteiger charge is -2.32. The molecule has 1 unspecified atom stereocenters. The predicted molar refractivity (Wildman–Crippen MR) is 78.9 cm³/mol. The summed E-state index contributed by atoms with van der Waals surface area (Å²) in [6, 6.07) is 0. The fourth-order valence-electron chi connectivity index (χ4n) is 3.35. The Labute approximate surface area is 122 Å². The summed E-state index contributed by atoms with van der Waals surface area (Å²) in [7, 11) is -0.796. The van der Waals surface area contributed by atoms with Gasteiger partial charge in [0.05, 0.1) is 11.2 Å². The summed E-state index contributed by atoms with van der Waals surface area (Å²) in [4.78, 5) is 0. The van der Waals surface area contributed by atoms with Gasteiger partial charge in [-0.15, -0.1) is 0 Å². The summed E-state index contributed by atoms with van der Waals surface area (Å²) in [5.74, 6) is 1.28. The van der Waals surface area contributed by atoms with Crippen LogP contribution in [0, 0.1) is 11.8 Å². The smallest absolute Gasteiger partial charge is 0.398 e. The van der Waals surface area contributed by atoms with E-state index in [4.69, 9.17) is 9.31 Å². The lowest BCUT2D eigenvalue weighted by molar-refractivity contribution is 0.00578. The van der Waals surface area contributed by atoms with E-state index in [9.17, 15) is 4.39 Å². The zero-order valence-electron chi connectivity index (χ0n) is 13.2. The van der Waals surface area contributed by atoms with Crippen LogP contribution in [0.1, 0.15) is 66.2 Å². The van der Waals surface area contributed by atoms with Crippen molar-refractivity contribution in [1.82, 2.24) is 0 Å². The fourth-order valence-corrected chi connectivity index (χ4v) is 3.35. The van der Waals surface area contributed by atoms with Crippen LogP contribution in [0.4, 0.5) is 4.39 Å². The van der Waals surface area contributed by atoms with E-state index in [0.717, 1.165) is 30.8 Å². The largest absolute Gasteiger partial charge is 0.525 e. The van der Waals surface area contributed by atoms with Gasteiger partial charge in [-0.1, -0.05) is 12.8 Å². The van der Waals surface area contributed by atoms with Crippen LogP contribution in [0.25, 0.3) is 0 Å². The molecule has 3 rings (SSSR count). The van der Waals surface area contributed by atoms with E-state index in [1.165, 1.54) is 19.3 Å². The second kappa shape index (κ2) is 4.84. The van der Waals surface area contributed by atoms with E-state index in [2.05, 4.69) is 0 Å². The van der Waals surface area contributed by atoms with Crippen molar-refractivity contribution >= 4 is 7.12 Å². The van der Waals surface area contributed by atoms with Crippen LogP contribution in [0.2, 0.25) is 0 Å². The highest BCUT2D eigenvalue weighted by Gasteiger charge is 2.54. The Bertz CT molecular complexity index is 410. The van der Waals surface area contributed by atoms with Crippen LogP contribution in [0.5, 0.6) is 0 Å². The summed E-state index contributed by atoms with van der Waals surface area (Å²) < 4.78 is 26.6. The first kappa shape index (κ1) is 14.6. The van der Waals surface area contributed by atoms with Gasteiger partial charge in [0.1, 0.15) is 5.73 Å². The van der Waals surface area contributed by atoms with Gasteiger partial charge in [-0.3, -0.25) is 0 Å². The first-order valence-corrected chi connectivity index (χ1v) is 8.04. The van der Waals surface area contributed by atoms with Gasteiger partial charge in [-0.2, -0.15) is 0 Å². The van der Waals surface area contributed by atoms with Gasteiger partial charge in [0.15, 0.2) is 0 Å². The number of allylic oxidation sites excluding steroid dienone is 1. The molecule has 0 aromatic heterocycles. The lowest BCUT2D eigenvalue weighted by atomic mass is 9.81. The van der Waals surface area contributed by atoms with Crippen molar-refractivity contribution in [1.29, 1.82) is 0 Å². The molecule has 3 fully saturated rings. The second-order valence-electron chi connectivity index (χ2n) is 7.73. The molecule has 0 aromatic carbocycles. The van der Waals surface area contributed by atoms with E-state index in [1.807, 2.05) is 27.7 Å². The summed E-state index contributed by atoms with van der Waals surface area (Å²) in [6.45, 7) is 7.89. The van der Waals surface area contributed by atoms with E-state index >= 15 is 0 Å². The average molecular weight is 280 g/mol. The zero-order valence-corrected chi connectivity index (χ0v) is 13.2. The van der Waals surface area contributed by atoms with Crippen LogP contribution in [-0.4, -0.2) is 18.3 Å². The molecule has 1 saturated heterocycles. The Kier molecular flexibility index (Phi) is 3.53. The maximum atomic E-state index is 14.9. The monoisotopic (exact) mass is 280 g/mol. The Morgan fingerprint density at radius 3 is 2.30 bits per heavy atom. The first-order chi connectivity index (χ1) is 9.30. The molecule has 0 N–H and O–H groups in total. The molecule has 0 amide bonds. The number of rotatable bonds is 3. The van der Waals surface area contributed by atoms with Crippen molar-refractivity contribution in [2.24, 2.45) is 11.8 Å². The molecular formula is C16H26BFO2. The molecular weight excluding hydrogens is 254 g/mol. The normalized spacial score (nSPS) is 34.6. The SMILES string of the molecule is CC1(C)OB(C(F)=C2CCCC2CC2CC2)OC1(C)C. The third-order valence-electron chi connectivity index (χ3n) is 5.57. The van der Waals surface area contributed by atoms with Crippen molar-refractivity contribution in [2.75, 3.05) is 0 Å². The Hall–Kier alpha value is -0.345. The van der Waals surface area contributed by atoms with Gasteiger partial charge in [0.25, 0.3) is 0 Å². The Balaban J connectivity index is 1.77. The molecule has 2 saturated carbocycles. The molecule has 20 heavy (non-hydrogen) atoms. The van der Waals surface area contributed by atoms with Crippen LogP contribution >= 0.6 is 0 Å². The lowest BCUT2D eigenvalue weighted by Crippen LogP contribution is -2.41. The standard InChI is InChI=1S/C16H26BFO2/c1-15(2)16(3,4)20-17(19-15)14(18)13-7-5-6-12(13)10-11-8-9-11/h11-12H,5-10H2,1-4H3. The minimum atomic E-state index is -0.796. The van der Waals surface area contributed by atoms with Crippen molar-refractivity contribution < 1.29 is 13.7 Å². The van der Waals surface area contributed by atoms with Crippen molar-refractivity contribution in [3.8, 4) is 0 Å². The van der Waals surface area contributed by atoms with Gasteiger partial charge in [-0.05, 0) is 70.8 Å². The van der Waals surface area contributed by atoms with Crippen LogP contribution in [-0.2, 0) is 9.31 Å². The minimum Gasteiger partial charge on any atom is -0.398 e. The average Bonchev–Trinajstić information content (AvgIpc) is 2.97. The maximum Gasteiger partial charge on any atom is 0.525 e. The van der Waals surface area contributed by atoms with E-state index in [0.29, 0.717) is 5.92 Å². The van der Waals surface area contributed by atoms with Gasteiger partial charge < -0.3 is 9.31 Å². The van der Waals surface area contributed by atoms with Gasteiger partial charge in [0.2, 0.25) is 0 Å². The van der Waals surface area contributed by atoms with E-state index < -0.39 is 18.3 Å². The molecule has 1 heterocycles. The van der Waals surface area contributed by atoms with Gasteiger partial charge >= 0.3 is 7.12 Å². The number of halogens is 1. The maximum absolute atomic E-state index is 14.9. The molecule has 1 aliphatic heterocycles. The topological polar surface area (TPSA) is 18.5 Å². The van der Waals surface area contributed by atoms with Gasteiger partial charge in [-0.25, -0.2) is 4.39 Å². The molecule has 2 aliphatic carbocycles. The molecule has 4 heteroatoms. The quantitative estimate of drug-likeness (QED) is 0.711. The van der Waals surface area contributed by atoms with Crippen molar-refractivity contribution in [3.63, 3.8) is 0 Å². The van der Waals surface area contributed by atoms with Crippen molar-refractivity contribution in [2.45, 2.75) is 77.4 Å². The molecule has 0 spiro atoms. The summed E-state index contributed by atoms with van der Waals surface area (Å²) in [5.41, 5.74) is -0.0671. The molecule has 0 radical (unpaired) electrons. The van der Waals surface area contributed by atoms with E-state index in [1.54, 1.807) is 0 Å². The van der Waals surface area contributed by atoms with Gasteiger partial charge in [0, 0.05) is 0 Å². The molecule has 0 bridgehead atoms. The molecule has 1 atom stereocenters. The predicted octanol–water partition coefficient (Wildman–Crippen LogP) is 4.44. The highest BCUT2D eigenvalue weighted by atomic mass is 19.1. The number of hydrogen-bond acceptors (Lipinski definition) is 2. The fraction of sp³-hybridized carbons (Fsp3) is 0.875. The molecule has 112 valence electrons. The molecule has 3 aliphatic rings. The second-order valence-corrected chi connectivity index (χ2v) is 7.73. The van der Waals surface area contributed by atoms with Crippen molar-refractivity contribution in [3.05, 3.63) is 11.3 Å². The Morgan fingerprint density at radius 1 is 1.15 bits per heavy atom. The summed E-state index contributed by atoms with van der Waals surface area (Å²) >= 11 is 0. The molecule has 0 aromatic rings. The highest BCUT2D eigenvalue weighted by Crippen LogP contribution is 2.46. The Morgan fingerprint density at radius 2 is 1.75 bits per heavy atom.